The lowest BCUT2D eigenvalue weighted by molar-refractivity contribution is 0.195. The van der Waals surface area contributed by atoms with E-state index in [4.69, 9.17) is 4.74 Å². The smallest absolute Gasteiger partial charge is 0.119 e. The third-order valence-electron chi connectivity index (χ3n) is 5.45. The molecule has 1 saturated heterocycles. The van der Waals surface area contributed by atoms with Crippen molar-refractivity contribution in [2.24, 2.45) is 0 Å². The minimum atomic E-state index is 0.546. The van der Waals surface area contributed by atoms with Crippen LogP contribution in [0.25, 0.3) is 0 Å². The normalized spacial score (nSPS) is 21.1. The lowest BCUT2D eigenvalue weighted by Crippen LogP contribution is -2.32. The number of rotatable bonds is 5. The van der Waals surface area contributed by atoms with Crippen molar-refractivity contribution in [1.82, 2.24) is 9.80 Å². The minimum Gasteiger partial charge on any atom is -0.497 e. The molecule has 0 saturated carbocycles. The maximum Gasteiger partial charge on any atom is 0.119 e. The van der Waals surface area contributed by atoms with Gasteiger partial charge in [-0.3, -0.25) is 9.80 Å². The van der Waals surface area contributed by atoms with Crippen molar-refractivity contribution in [2.75, 3.05) is 26.7 Å². The summed E-state index contributed by atoms with van der Waals surface area (Å²) >= 11 is 0. The SMILES string of the molecule is COc1cccc(C2CCCN2CCN2Cc3ccccc3C2)c1. The van der Waals surface area contributed by atoms with Gasteiger partial charge in [0.15, 0.2) is 0 Å². The molecule has 1 atom stereocenters. The molecule has 0 aliphatic carbocycles. The summed E-state index contributed by atoms with van der Waals surface area (Å²) in [6.45, 7) is 5.72. The van der Waals surface area contributed by atoms with E-state index in [-0.39, 0.29) is 0 Å². The lowest BCUT2D eigenvalue weighted by Gasteiger charge is -2.27. The van der Waals surface area contributed by atoms with E-state index >= 15 is 0 Å². The van der Waals surface area contributed by atoms with Gasteiger partial charge in [0.05, 0.1) is 7.11 Å². The number of hydrogen-bond acceptors (Lipinski definition) is 3. The molecular formula is C21H26N2O. The van der Waals surface area contributed by atoms with Gasteiger partial charge < -0.3 is 4.74 Å². The molecule has 4 rings (SSSR count). The predicted octanol–water partition coefficient (Wildman–Crippen LogP) is 3.85. The molecule has 0 N–H and O–H groups in total. The van der Waals surface area contributed by atoms with Crippen LogP contribution < -0.4 is 4.74 Å². The molecule has 126 valence electrons. The Morgan fingerprint density at radius 1 is 1.00 bits per heavy atom. The van der Waals surface area contributed by atoms with E-state index in [1.807, 2.05) is 6.07 Å². The number of benzene rings is 2. The first-order valence-electron chi connectivity index (χ1n) is 9.00. The summed E-state index contributed by atoms with van der Waals surface area (Å²) in [6, 6.07) is 18.0. The van der Waals surface area contributed by atoms with Crippen LogP contribution in [0.4, 0.5) is 0 Å². The van der Waals surface area contributed by atoms with Crippen molar-refractivity contribution < 1.29 is 4.74 Å². The Balaban J connectivity index is 1.38. The lowest BCUT2D eigenvalue weighted by atomic mass is 10.0. The molecule has 1 fully saturated rings. The fourth-order valence-corrected chi connectivity index (χ4v) is 4.15. The fourth-order valence-electron chi connectivity index (χ4n) is 4.15. The fraction of sp³-hybridized carbons (Fsp3) is 0.429. The Morgan fingerprint density at radius 3 is 2.54 bits per heavy atom. The van der Waals surface area contributed by atoms with Crippen molar-refractivity contribution in [3.8, 4) is 5.75 Å². The topological polar surface area (TPSA) is 15.7 Å². The highest BCUT2D eigenvalue weighted by atomic mass is 16.5. The molecule has 2 heterocycles. The Morgan fingerprint density at radius 2 is 1.79 bits per heavy atom. The van der Waals surface area contributed by atoms with Gasteiger partial charge in [-0.1, -0.05) is 36.4 Å². The van der Waals surface area contributed by atoms with Gasteiger partial charge in [0.2, 0.25) is 0 Å². The largest absolute Gasteiger partial charge is 0.497 e. The summed E-state index contributed by atoms with van der Waals surface area (Å²) in [5.74, 6) is 0.967. The van der Waals surface area contributed by atoms with E-state index in [1.54, 1.807) is 7.11 Å². The standard InChI is InChI=1S/C21H26N2O/c1-24-20-9-4-8-17(14-20)21-10-5-11-23(21)13-12-22-15-18-6-2-3-7-19(18)16-22/h2-4,6-9,14,21H,5,10-13,15-16H2,1H3. The van der Waals surface area contributed by atoms with Crippen LogP contribution in [0.1, 0.15) is 35.6 Å². The van der Waals surface area contributed by atoms with Crippen molar-refractivity contribution in [1.29, 1.82) is 0 Å². The predicted molar refractivity (Wildman–Crippen MR) is 97.1 cm³/mol. The quantitative estimate of drug-likeness (QED) is 0.831. The molecule has 0 aromatic heterocycles. The molecule has 0 bridgehead atoms. The second kappa shape index (κ2) is 6.96. The second-order valence-electron chi connectivity index (χ2n) is 6.95. The van der Waals surface area contributed by atoms with Gasteiger partial charge in [-0.2, -0.15) is 0 Å². The van der Waals surface area contributed by atoms with Crippen LogP contribution >= 0.6 is 0 Å². The van der Waals surface area contributed by atoms with Gasteiger partial charge in [0, 0.05) is 32.2 Å². The van der Waals surface area contributed by atoms with Gasteiger partial charge in [-0.15, -0.1) is 0 Å². The monoisotopic (exact) mass is 322 g/mol. The first-order valence-corrected chi connectivity index (χ1v) is 9.00. The number of nitrogens with zero attached hydrogens (tertiary/aromatic N) is 2. The van der Waals surface area contributed by atoms with Gasteiger partial charge in [-0.05, 0) is 48.2 Å². The molecular weight excluding hydrogens is 296 g/mol. The first-order chi connectivity index (χ1) is 11.8. The molecule has 2 aliphatic rings. The van der Waals surface area contributed by atoms with Crippen molar-refractivity contribution >= 4 is 0 Å². The second-order valence-corrected chi connectivity index (χ2v) is 6.95. The molecule has 24 heavy (non-hydrogen) atoms. The summed E-state index contributed by atoms with van der Waals surface area (Å²) in [7, 11) is 1.75. The maximum absolute atomic E-state index is 5.40. The Labute approximate surface area is 144 Å². The van der Waals surface area contributed by atoms with Gasteiger partial charge in [0.1, 0.15) is 5.75 Å². The highest BCUT2D eigenvalue weighted by molar-refractivity contribution is 5.31. The third-order valence-corrected chi connectivity index (χ3v) is 5.45. The van der Waals surface area contributed by atoms with E-state index in [0.29, 0.717) is 6.04 Å². The van der Waals surface area contributed by atoms with E-state index in [9.17, 15) is 0 Å². The Kier molecular flexibility index (Phi) is 4.54. The number of methoxy groups -OCH3 is 1. The molecule has 2 aliphatic heterocycles. The van der Waals surface area contributed by atoms with Gasteiger partial charge in [-0.25, -0.2) is 0 Å². The van der Waals surface area contributed by atoms with Crippen LogP contribution in [-0.4, -0.2) is 36.5 Å². The van der Waals surface area contributed by atoms with Crippen LogP contribution in [0.15, 0.2) is 48.5 Å². The third kappa shape index (κ3) is 3.19. The number of likely N-dealkylation sites (tertiary alicyclic amines) is 1. The zero-order chi connectivity index (χ0) is 16.4. The molecule has 2 aromatic carbocycles. The van der Waals surface area contributed by atoms with E-state index in [0.717, 1.165) is 31.9 Å². The number of ether oxygens (including phenoxy) is 1. The summed E-state index contributed by atoms with van der Waals surface area (Å²) in [5.41, 5.74) is 4.41. The van der Waals surface area contributed by atoms with Crippen molar-refractivity contribution in [2.45, 2.75) is 32.0 Å². The van der Waals surface area contributed by atoms with Crippen LogP contribution in [-0.2, 0) is 13.1 Å². The molecule has 0 spiro atoms. The van der Waals surface area contributed by atoms with Gasteiger partial charge in [0.25, 0.3) is 0 Å². The van der Waals surface area contributed by atoms with E-state index in [2.05, 4.69) is 52.3 Å². The summed E-state index contributed by atoms with van der Waals surface area (Å²) in [6.07, 6.45) is 2.55. The minimum absolute atomic E-state index is 0.546. The molecule has 1 unspecified atom stereocenters. The molecule has 3 nitrogen and oxygen atoms in total. The van der Waals surface area contributed by atoms with E-state index < -0.39 is 0 Å². The van der Waals surface area contributed by atoms with Crippen LogP contribution in [0.2, 0.25) is 0 Å². The van der Waals surface area contributed by atoms with Crippen molar-refractivity contribution in [3.05, 3.63) is 65.2 Å². The average Bonchev–Trinajstić information content (AvgIpc) is 3.26. The zero-order valence-electron chi connectivity index (χ0n) is 14.4. The summed E-state index contributed by atoms with van der Waals surface area (Å²) < 4.78 is 5.40. The zero-order valence-corrected chi connectivity index (χ0v) is 14.4. The summed E-state index contributed by atoms with van der Waals surface area (Å²) in [5, 5.41) is 0. The molecule has 3 heteroatoms. The van der Waals surface area contributed by atoms with Crippen LogP contribution in [0, 0.1) is 0 Å². The first kappa shape index (κ1) is 15.7. The Hall–Kier alpha value is -1.84. The maximum atomic E-state index is 5.40. The molecule has 2 aromatic rings. The number of fused-ring (bicyclic) bond motifs is 1. The van der Waals surface area contributed by atoms with E-state index in [1.165, 1.54) is 36.1 Å². The molecule has 0 radical (unpaired) electrons. The Bertz CT molecular complexity index is 675. The average molecular weight is 322 g/mol. The highest BCUT2D eigenvalue weighted by Gasteiger charge is 2.27. The summed E-state index contributed by atoms with van der Waals surface area (Å²) in [4.78, 5) is 5.23. The van der Waals surface area contributed by atoms with Crippen molar-refractivity contribution in [3.63, 3.8) is 0 Å². The van der Waals surface area contributed by atoms with Gasteiger partial charge >= 0.3 is 0 Å². The highest BCUT2D eigenvalue weighted by Crippen LogP contribution is 2.33. The van der Waals surface area contributed by atoms with Crippen LogP contribution in [0.3, 0.4) is 0 Å². The van der Waals surface area contributed by atoms with Crippen LogP contribution in [0.5, 0.6) is 5.75 Å². The molecule has 0 amide bonds. The number of hydrogen-bond donors (Lipinski definition) is 0.